The minimum Gasteiger partial charge on any atom is -0.508 e. The lowest BCUT2D eigenvalue weighted by Crippen LogP contribution is -2.50. The van der Waals surface area contributed by atoms with E-state index < -0.39 is 94.3 Å². The second-order valence-electron chi connectivity index (χ2n) is 24.5. The van der Waals surface area contributed by atoms with Gasteiger partial charge in [-0.2, -0.15) is 0 Å². The van der Waals surface area contributed by atoms with Crippen LogP contribution in [0.25, 0.3) is 10.8 Å². The third-order valence-corrected chi connectivity index (χ3v) is 16.4. The first-order valence-corrected chi connectivity index (χ1v) is 29.0. The Labute approximate surface area is 467 Å². The van der Waals surface area contributed by atoms with Crippen molar-refractivity contribution in [3.05, 3.63) is 66.0 Å². The highest BCUT2D eigenvalue weighted by Gasteiger charge is 2.46. The molecule has 2 saturated heterocycles. The first kappa shape index (κ1) is 63.6. The predicted octanol–water partition coefficient (Wildman–Crippen LogP) is 8.11. The Bertz CT molecular complexity index is 2590. The van der Waals surface area contributed by atoms with Crippen LogP contribution in [0.3, 0.4) is 0 Å². The number of H-pyrrole nitrogens is 1. The number of carboxylic acid groups (broad SMARTS) is 1. The molecule has 3 aromatic rings. The molecule has 4 amide bonds. The van der Waals surface area contributed by atoms with E-state index in [1.165, 1.54) is 19.1 Å². The molecule has 1 aromatic heterocycles. The van der Waals surface area contributed by atoms with Crippen molar-refractivity contribution in [3.8, 4) is 5.75 Å². The van der Waals surface area contributed by atoms with E-state index in [1.807, 2.05) is 65.8 Å². The Hall–Kier alpha value is -6.23. The van der Waals surface area contributed by atoms with Crippen LogP contribution in [0.4, 0.5) is 0 Å². The van der Waals surface area contributed by atoms with E-state index >= 15 is 0 Å². The summed E-state index contributed by atoms with van der Waals surface area (Å²) in [5.41, 5.74) is 5.41. The zero-order valence-electron chi connectivity index (χ0n) is 48.0. The van der Waals surface area contributed by atoms with E-state index in [4.69, 9.17) is 5.73 Å². The van der Waals surface area contributed by atoms with Crippen LogP contribution >= 0.6 is 0 Å². The van der Waals surface area contributed by atoms with Crippen molar-refractivity contribution in [1.82, 2.24) is 25.8 Å². The number of aliphatic carboxylic acids is 1. The number of primary amides is 1. The molecule has 3 heterocycles. The first-order valence-electron chi connectivity index (χ1n) is 29.0. The predicted molar refractivity (Wildman–Crippen MR) is 303 cm³/mol. The molecule has 0 aliphatic carbocycles. The number of Topliss-reactive ketones (excluding diaryl/α,β-unsaturated/α-hetero) is 4. The van der Waals surface area contributed by atoms with E-state index in [0.29, 0.717) is 50.0 Å². The van der Waals surface area contributed by atoms with Gasteiger partial charge in [-0.15, -0.1) is 0 Å². The molecule has 17 nitrogen and oxygen atoms in total. The number of aromatic hydroxyl groups is 1. The maximum Gasteiger partial charge on any atom is 0.303 e. The number of carbonyl (C=O) groups excluding carboxylic acids is 8. The number of aromatic amines is 1. The standard InChI is InChI=1S/C62H90N6O11/c1-39(2)29-45-33-52(70)41(5)65-58(77)46(32-49-48-18-14-13-17-44(48)37-64-49)34-53(71)51(31-42-19-22-47(69)23-20-42)67-57(76)43(21-24-56(74)75)35-55(73)61(6,7)25-15-11-9-8-10-12-16-27-68-28-26-62(38-68,60(63)79)36-54(72)50(30-40(3)4)66-59(45)78/h13-14,17-20,22-23,37,39-41,43,45-46,50-51,64,69H,8-12,15-16,21,24-36,38H2,1-7H3,(H2,63,79)(H,65,77)(H,66,78)(H,67,76)(H,74,75)/t41-,43+,45+,46+,50-,51-,62-/m0/s1. The fourth-order valence-corrected chi connectivity index (χ4v) is 11.4. The monoisotopic (exact) mass is 1090 g/mol. The van der Waals surface area contributed by atoms with Crippen molar-refractivity contribution in [3.63, 3.8) is 0 Å². The van der Waals surface area contributed by atoms with Crippen molar-refractivity contribution in [1.29, 1.82) is 0 Å². The van der Waals surface area contributed by atoms with Crippen LogP contribution in [0.5, 0.6) is 5.75 Å². The Morgan fingerprint density at radius 2 is 1.29 bits per heavy atom. The number of amides is 4. The maximum atomic E-state index is 14.9. The van der Waals surface area contributed by atoms with Crippen molar-refractivity contribution < 1.29 is 53.4 Å². The van der Waals surface area contributed by atoms with Gasteiger partial charge in [0.1, 0.15) is 11.5 Å². The van der Waals surface area contributed by atoms with E-state index in [9.17, 15) is 53.4 Å². The van der Waals surface area contributed by atoms with Crippen molar-refractivity contribution in [2.45, 2.75) is 189 Å². The molecule has 1 unspecified atom stereocenters. The number of benzene rings is 2. The summed E-state index contributed by atoms with van der Waals surface area (Å²) < 4.78 is 0. The smallest absolute Gasteiger partial charge is 0.303 e. The second kappa shape index (κ2) is 29.8. The number of nitrogens with two attached hydrogens (primary N) is 1. The van der Waals surface area contributed by atoms with Gasteiger partial charge in [0.2, 0.25) is 23.6 Å². The third-order valence-electron chi connectivity index (χ3n) is 16.4. The maximum absolute atomic E-state index is 14.9. The number of ketones is 4. The molecule has 2 aliphatic heterocycles. The van der Waals surface area contributed by atoms with Gasteiger partial charge in [0.25, 0.3) is 0 Å². The molecule has 2 fully saturated rings. The highest BCUT2D eigenvalue weighted by molar-refractivity contribution is 5.98. The van der Waals surface area contributed by atoms with Crippen LogP contribution < -0.4 is 21.7 Å². The van der Waals surface area contributed by atoms with Gasteiger partial charge in [0, 0.05) is 79.6 Å². The van der Waals surface area contributed by atoms with E-state index in [0.717, 1.165) is 62.3 Å². The first-order chi connectivity index (χ1) is 37.4. The summed E-state index contributed by atoms with van der Waals surface area (Å²) >= 11 is 0. The molecule has 2 aromatic carbocycles. The van der Waals surface area contributed by atoms with Crippen molar-refractivity contribution in [2.75, 3.05) is 19.6 Å². The second-order valence-corrected chi connectivity index (χ2v) is 24.5. The zero-order chi connectivity index (χ0) is 58.0. The molecule has 17 heteroatoms. The minimum absolute atomic E-state index is 0.000446. The van der Waals surface area contributed by atoms with Crippen molar-refractivity contribution in [2.24, 2.45) is 46.2 Å². The van der Waals surface area contributed by atoms with Gasteiger partial charge in [-0.25, -0.2) is 0 Å². The lowest BCUT2D eigenvalue weighted by molar-refractivity contribution is -0.139. The van der Waals surface area contributed by atoms with Crippen LogP contribution in [0.15, 0.2) is 54.7 Å². The quantitative estimate of drug-likeness (QED) is 0.0906. The number of fused-ring (bicyclic) bond motifs is 3. The van der Waals surface area contributed by atoms with Gasteiger partial charge >= 0.3 is 5.97 Å². The molecule has 434 valence electrons. The summed E-state index contributed by atoms with van der Waals surface area (Å²) in [7, 11) is 0. The summed E-state index contributed by atoms with van der Waals surface area (Å²) in [6, 6.07) is 10.3. The van der Waals surface area contributed by atoms with Gasteiger partial charge in [-0.3, -0.25) is 43.2 Å². The van der Waals surface area contributed by atoms with E-state index in [1.54, 1.807) is 18.3 Å². The number of phenolic OH excluding ortho intramolecular Hbond substituents is 1. The Kier molecular flexibility index (Phi) is 24.0. The van der Waals surface area contributed by atoms with Crippen LogP contribution in [-0.2, 0) is 56.0 Å². The molecule has 8 atom stereocenters. The molecule has 2 bridgehead atoms. The van der Waals surface area contributed by atoms with Crippen molar-refractivity contribution >= 4 is 63.5 Å². The molecule has 0 spiro atoms. The minimum atomic E-state index is -1.25. The molecule has 8 N–H and O–H groups in total. The van der Waals surface area contributed by atoms with Gasteiger partial charge < -0.3 is 41.8 Å². The molecule has 0 radical (unpaired) electrons. The Balaban J connectivity index is 1.48. The number of carbonyl (C=O) groups is 9. The molecule has 5 rings (SSSR count). The van der Waals surface area contributed by atoms with Crippen LogP contribution in [-0.4, -0.2) is 111 Å². The SMILES string of the molecule is CC(C)C[C@@H]1CC(=O)[C@H](C)NC(=O)[C@H](Cc2[nH]cc3ccccc23)CC(=O)[C@H](Cc2ccc(O)cc2)NC(=O)[C@H](CCC(=O)O)CC(=O)C(C)(C)CCCCCCCCCN2CC[C@](C(N)=O)(CC(=O)[C@H](CC(C)C)NC1=O)C2. The number of carboxylic acids is 1. The fourth-order valence-electron chi connectivity index (χ4n) is 11.4. The molecular formula is C62H90N6O11. The van der Waals surface area contributed by atoms with Crippen LogP contribution in [0.1, 0.15) is 169 Å². The molecule has 79 heavy (non-hydrogen) atoms. The zero-order valence-corrected chi connectivity index (χ0v) is 48.0. The average molecular weight is 1100 g/mol. The summed E-state index contributed by atoms with van der Waals surface area (Å²) in [5, 5.41) is 30.2. The summed E-state index contributed by atoms with van der Waals surface area (Å²) in [6.07, 6.45) is 8.31. The number of hydrogen-bond donors (Lipinski definition) is 7. The van der Waals surface area contributed by atoms with Crippen LogP contribution in [0, 0.1) is 40.4 Å². The van der Waals surface area contributed by atoms with Crippen LogP contribution in [0.2, 0.25) is 0 Å². The molecule has 2 aliphatic rings. The summed E-state index contributed by atoms with van der Waals surface area (Å²) in [5.74, 6) is -8.02. The van der Waals surface area contributed by atoms with Gasteiger partial charge in [0.15, 0.2) is 17.3 Å². The number of aromatic nitrogens is 1. The summed E-state index contributed by atoms with van der Waals surface area (Å²) in [4.78, 5) is 132. The largest absolute Gasteiger partial charge is 0.508 e. The average Bonchev–Trinajstić information content (AvgIpc) is 4.04. The normalized spacial score (nSPS) is 26.6. The molecule has 0 saturated carbocycles. The fraction of sp³-hybridized carbons (Fsp3) is 0.629. The highest BCUT2D eigenvalue weighted by atomic mass is 16.4. The van der Waals surface area contributed by atoms with E-state index in [2.05, 4.69) is 25.8 Å². The number of hydrogen-bond acceptors (Lipinski definition) is 11. The molecular weight excluding hydrogens is 1000 g/mol. The number of rotatable bonds is 12. The topological polar surface area (TPSA) is 275 Å². The summed E-state index contributed by atoms with van der Waals surface area (Å²) in [6.45, 7) is 14.7. The number of nitrogens with one attached hydrogen (secondary N) is 4. The van der Waals surface area contributed by atoms with Gasteiger partial charge in [0.05, 0.1) is 29.5 Å². The Morgan fingerprint density at radius 3 is 1.95 bits per heavy atom. The third kappa shape index (κ3) is 19.5. The number of phenols is 1. The number of nitrogens with zero attached hydrogens (tertiary/aromatic N) is 1. The van der Waals surface area contributed by atoms with Gasteiger partial charge in [-0.05, 0) is 99.9 Å². The lowest BCUT2D eigenvalue weighted by atomic mass is 9.78. The van der Waals surface area contributed by atoms with E-state index in [-0.39, 0.29) is 74.1 Å². The lowest BCUT2D eigenvalue weighted by Gasteiger charge is -2.29. The highest BCUT2D eigenvalue weighted by Crippen LogP contribution is 2.36. The van der Waals surface area contributed by atoms with Gasteiger partial charge in [-0.1, -0.05) is 116 Å². The Morgan fingerprint density at radius 1 is 0.684 bits per heavy atom.